The van der Waals surface area contributed by atoms with Crippen molar-refractivity contribution in [3.63, 3.8) is 0 Å². The molecule has 0 spiro atoms. The van der Waals surface area contributed by atoms with E-state index in [2.05, 4.69) is 5.32 Å². The van der Waals surface area contributed by atoms with E-state index in [1.54, 1.807) is 6.92 Å². The van der Waals surface area contributed by atoms with Crippen molar-refractivity contribution >= 4 is 50.7 Å². The summed E-state index contributed by atoms with van der Waals surface area (Å²) >= 11 is 12.1. The van der Waals surface area contributed by atoms with E-state index in [0.717, 1.165) is 21.7 Å². The number of aryl methyl sites for hydroxylation is 1. The molecule has 0 aliphatic heterocycles. The van der Waals surface area contributed by atoms with Gasteiger partial charge < -0.3 is 10.2 Å². The molecule has 0 aliphatic rings. The predicted molar refractivity (Wildman–Crippen MR) is 133 cm³/mol. The summed E-state index contributed by atoms with van der Waals surface area (Å²) in [6.45, 7) is 6.82. The highest BCUT2D eigenvalue weighted by Gasteiger charge is 2.30. The molecule has 0 radical (unpaired) electrons. The Kier molecular flexibility index (Phi) is 9.17. The van der Waals surface area contributed by atoms with Gasteiger partial charge in [-0.15, -0.1) is 0 Å². The third-order valence-corrected chi connectivity index (χ3v) is 6.43. The fourth-order valence-electron chi connectivity index (χ4n) is 3.29. The Hall–Kier alpha value is -2.29. The number of rotatable bonds is 9. The molecule has 0 aromatic heterocycles. The van der Waals surface area contributed by atoms with Crippen molar-refractivity contribution in [1.82, 2.24) is 10.2 Å². The number of carbonyl (C=O) groups is 2. The highest BCUT2D eigenvalue weighted by Crippen LogP contribution is 2.27. The second kappa shape index (κ2) is 11.2. The first-order chi connectivity index (χ1) is 15.3. The lowest BCUT2D eigenvalue weighted by Crippen LogP contribution is -2.52. The van der Waals surface area contributed by atoms with Crippen LogP contribution in [0, 0.1) is 6.92 Å². The van der Waals surface area contributed by atoms with Crippen LogP contribution in [0.4, 0.5) is 5.69 Å². The van der Waals surface area contributed by atoms with E-state index in [-0.39, 0.29) is 34.2 Å². The molecule has 7 nitrogen and oxygen atoms in total. The van der Waals surface area contributed by atoms with Crippen molar-refractivity contribution in [2.45, 2.75) is 46.3 Å². The number of sulfonamides is 1. The van der Waals surface area contributed by atoms with E-state index in [1.165, 1.54) is 23.1 Å². The van der Waals surface area contributed by atoms with Crippen LogP contribution in [0.2, 0.25) is 10.0 Å². The van der Waals surface area contributed by atoms with Crippen molar-refractivity contribution < 1.29 is 18.0 Å². The van der Waals surface area contributed by atoms with E-state index in [0.29, 0.717) is 0 Å². The van der Waals surface area contributed by atoms with Gasteiger partial charge in [-0.05, 0) is 51.5 Å². The Labute approximate surface area is 205 Å². The number of amides is 2. The van der Waals surface area contributed by atoms with E-state index in [4.69, 9.17) is 23.2 Å². The van der Waals surface area contributed by atoms with Gasteiger partial charge in [-0.2, -0.15) is 0 Å². The molecule has 33 heavy (non-hydrogen) atoms. The van der Waals surface area contributed by atoms with Crippen LogP contribution in [0.5, 0.6) is 0 Å². The summed E-state index contributed by atoms with van der Waals surface area (Å²) < 4.78 is 26.0. The van der Waals surface area contributed by atoms with Gasteiger partial charge in [0.2, 0.25) is 21.8 Å². The first kappa shape index (κ1) is 27.0. The molecule has 0 heterocycles. The maximum atomic E-state index is 13.4. The van der Waals surface area contributed by atoms with Gasteiger partial charge >= 0.3 is 0 Å². The maximum absolute atomic E-state index is 13.4. The second-order valence-electron chi connectivity index (χ2n) is 8.25. The molecule has 2 aromatic carbocycles. The summed E-state index contributed by atoms with van der Waals surface area (Å²) in [6, 6.07) is 10.9. The van der Waals surface area contributed by atoms with Crippen LogP contribution < -0.4 is 9.62 Å². The third kappa shape index (κ3) is 7.91. The summed E-state index contributed by atoms with van der Waals surface area (Å²) in [5, 5.41) is 3.28. The molecule has 180 valence electrons. The van der Waals surface area contributed by atoms with Crippen LogP contribution >= 0.6 is 23.2 Å². The SMILES string of the molecule is Cc1cccc(CN(C(=O)CN(c2cc(Cl)cc(Cl)c2)S(C)(=O)=O)[C@@H](C)C(=O)NC(C)C)c1. The molecule has 0 aliphatic carbocycles. The van der Waals surface area contributed by atoms with Gasteiger partial charge in [0, 0.05) is 22.6 Å². The average Bonchev–Trinajstić information content (AvgIpc) is 2.67. The minimum atomic E-state index is -3.86. The molecule has 0 fully saturated rings. The molecule has 0 unspecified atom stereocenters. The zero-order valence-electron chi connectivity index (χ0n) is 19.3. The zero-order chi connectivity index (χ0) is 24.9. The lowest BCUT2D eigenvalue weighted by Gasteiger charge is -2.32. The number of benzene rings is 2. The van der Waals surface area contributed by atoms with Crippen molar-refractivity contribution in [1.29, 1.82) is 0 Å². The highest BCUT2D eigenvalue weighted by atomic mass is 35.5. The average molecular weight is 514 g/mol. The maximum Gasteiger partial charge on any atom is 0.244 e. The predicted octanol–water partition coefficient (Wildman–Crippen LogP) is 4.01. The van der Waals surface area contributed by atoms with Gasteiger partial charge in [0.1, 0.15) is 12.6 Å². The molecule has 0 bridgehead atoms. The normalized spacial score (nSPS) is 12.4. The molecule has 2 aromatic rings. The molecular formula is C23H29Cl2N3O4S. The zero-order valence-corrected chi connectivity index (χ0v) is 21.6. The largest absolute Gasteiger partial charge is 0.352 e. The topological polar surface area (TPSA) is 86.8 Å². The van der Waals surface area contributed by atoms with E-state index in [1.807, 2.05) is 45.0 Å². The number of nitrogens with one attached hydrogen (secondary N) is 1. The van der Waals surface area contributed by atoms with E-state index in [9.17, 15) is 18.0 Å². The molecule has 0 saturated heterocycles. The molecule has 2 rings (SSSR count). The molecule has 1 N–H and O–H groups in total. The Balaban J connectivity index is 2.42. The molecule has 2 amide bonds. The van der Waals surface area contributed by atoms with E-state index < -0.39 is 28.5 Å². The monoisotopic (exact) mass is 513 g/mol. The molecular weight excluding hydrogens is 485 g/mol. The van der Waals surface area contributed by atoms with Crippen molar-refractivity contribution in [2.75, 3.05) is 17.1 Å². The Bertz CT molecular complexity index is 1100. The van der Waals surface area contributed by atoms with Crippen LogP contribution in [0.3, 0.4) is 0 Å². The lowest BCUT2D eigenvalue weighted by atomic mass is 10.1. The number of hydrogen-bond acceptors (Lipinski definition) is 4. The van der Waals surface area contributed by atoms with Crippen molar-refractivity contribution in [2.24, 2.45) is 0 Å². The number of carbonyl (C=O) groups excluding carboxylic acids is 2. The number of hydrogen-bond donors (Lipinski definition) is 1. The Morgan fingerprint density at radius 2 is 1.64 bits per heavy atom. The molecule has 0 saturated carbocycles. The van der Waals surface area contributed by atoms with Gasteiger partial charge in [-0.25, -0.2) is 8.42 Å². The number of nitrogens with zero attached hydrogens (tertiary/aromatic N) is 2. The van der Waals surface area contributed by atoms with Crippen molar-refractivity contribution in [3.8, 4) is 0 Å². The molecule has 1 atom stereocenters. The van der Waals surface area contributed by atoms with E-state index >= 15 is 0 Å². The summed E-state index contributed by atoms with van der Waals surface area (Å²) in [7, 11) is -3.86. The number of anilines is 1. The fraction of sp³-hybridized carbons (Fsp3) is 0.391. The summed E-state index contributed by atoms with van der Waals surface area (Å²) in [5.41, 5.74) is 1.99. The lowest BCUT2D eigenvalue weighted by molar-refractivity contribution is -0.139. The standard InChI is InChI=1S/C23H29Cl2N3O4S/c1-15(2)26-23(30)17(4)27(13-18-8-6-7-16(3)9-18)22(29)14-28(33(5,31)32)21-11-19(24)10-20(25)12-21/h6-12,15,17H,13-14H2,1-5H3,(H,26,30)/t17-/m0/s1. The summed E-state index contributed by atoms with van der Waals surface area (Å²) in [6.07, 6.45) is 0.995. The van der Waals surface area contributed by atoms with Crippen LogP contribution in [0.15, 0.2) is 42.5 Å². The molecule has 10 heteroatoms. The van der Waals surface area contributed by atoms with Crippen LogP contribution in [-0.2, 0) is 26.2 Å². The summed E-state index contributed by atoms with van der Waals surface area (Å²) in [4.78, 5) is 27.5. The minimum absolute atomic E-state index is 0.114. The fourth-order valence-corrected chi connectivity index (χ4v) is 4.64. The highest BCUT2D eigenvalue weighted by molar-refractivity contribution is 7.92. The van der Waals surface area contributed by atoms with Gasteiger partial charge in [0.15, 0.2) is 0 Å². The van der Waals surface area contributed by atoms with Crippen LogP contribution in [-0.4, -0.2) is 50.0 Å². The minimum Gasteiger partial charge on any atom is -0.352 e. The smallest absolute Gasteiger partial charge is 0.244 e. The van der Waals surface area contributed by atoms with Gasteiger partial charge in [-0.3, -0.25) is 13.9 Å². The third-order valence-electron chi connectivity index (χ3n) is 4.85. The van der Waals surface area contributed by atoms with Gasteiger partial charge in [0.25, 0.3) is 0 Å². The quantitative estimate of drug-likeness (QED) is 0.548. The Morgan fingerprint density at radius 1 is 1.03 bits per heavy atom. The van der Waals surface area contributed by atoms with Gasteiger partial charge in [-0.1, -0.05) is 53.0 Å². The van der Waals surface area contributed by atoms with Crippen LogP contribution in [0.25, 0.3) is 0 Å². The first-order valence-corrected chi connectivity index (χ1v) is 13.0. The van der Waals surface area contributed by atoms with Crippen LogP contribution in [0.1, 0.15) is 31.9 Å². The van der Waals surface area contributed by atoms with Crippen molar-refractivity contribution in [3.05, 3.63) is 63.6 Å². The number of halogens is 2. The second-order valence-corrected chi connectivity index (χ2v) is 11.0. The summed E-state index contributed by atoms with van der Waals surface area (Å²) in [5.74, 6) is -0.868. The Morgan fingerprint density at radius 3 is 2.15 bits per heavy atom. The first-order valence-electron chi connectivity index (χ1n) is 10.4. The van der Waals surface area contributed by atoms with Gasteiger partial charge in [0.05, 0.1) is 11.9 Å².